The van der Waals surface area contributed by atoms with Crippen LogP contribution in [0.4, 0.5) is 0 Å². The Hall–Kier alpha value is -1.40. The summed E-state index contributed by atoms with van der Waals surface area (Å²) in [6.45, 7) is 5.43. The molecule has 0 spiro atoms. The Labute approximate surface area is 112 Å². The molecule has 3 atom stereocenters. The van der Waals surface area contributed by atoms with Crippen LogP contribution in [0.5, 0.6) is 0 Å². The number of amides is 1. The molecule has 1 amide bonds. The third kappa shape index (κ3) is 2.26. The average Bonchev–Trinajstić information content (AvgIpc) is 2.96. The van der Waals surface area contributed by atoms with Gasteiger partial charge in [-0.05, 0) is 20.3 Å². The van der Waals surface area contributed by atoms with Gasteiger partial charge in [0.15, 0.2) is 0 Å². The van der Waals surface area contributed by atoms with Crippen LogP contribution in [0.15, 0.2) is 6.33 Å². The van der Waals surface area contributed by atoms with Gasteiger partial charge < -0.3 is 15.0 Å². The van der Waals surface area contributed by atoms with E-state index in [0.717, 1.165) is 17.8 Å². The monoisotopic (exact) mass is 264 g/mol. The van der Waals surface area contributed by atoms with E-state index in [4.69, 9.17) is 4.74 Å². The summed E-state index contributed by atoms with van der Waals surface area (Å²) in [7, 11) is 0. The van der Waals surface area contributed by atoms with Crippen molar-refractivity contribution >= 4 is 5.91 Å². The van der Waals surface area contributed by atoms with Crippen molar-refractivity contribution in [3.63, 3.8) is 0 Å². The maximum atomic E-state index is 12.4. The number of nitrogens with zero attached hydrogens (tertiary/aromatic N) is 1. The van der Waals surface area contributed by atoms with E-state index >= 15 is 0 Å². The van der Waals surface area contributed by atoms with Crippen molar-refractivity contribution < 1.29 is 9.53 Å². The lowest BCUT2D eigenvalue weighted by molar-refractivity contribution is -0.125. The Kier molecular flexibility index (Phi) is 3.06. The van der Waals surface area contributed by atoms with Crippen LogP contribution >= 0.6 is 0 Å². The average molecular weight is 264 g/mol. The van der Waals surface area contributed by atoms with E-state index in [0.29, 0.717) is 19.6 Å². The number of aromatic nitrogens is 2. The maximum absolute atomic E-state index is 12.4. The van der Waals surface area contributed by atoms with Gasteiger partial charge in [-0.2, -0.15) is 0 Å². The summed E-state index contributed by atoms with van der Waals surface area (Å²) >= 11 is 0. The number of ether oxygens (including phenoxy) is 1. The van der Waals surface area contributed by atoms with Crippen LogP contribution in [-0.2, 0) is 22.5 Å². The largest absolute Gasteiger partial charge is 0.376 e. The Balaban J connectivity index is 1.66. The Morgan fingerprint density at radius 1 is 1.63 bits per heavy atom. The number of carbonyl (C=O) groups excluding carboxylic acids is 1. The van der Waals surface area contributed by atoms with E-state index in [1.807, 2.05) is 13.8 Å². The molecule has 0 bridgehead atoms. The highest BCUT2D eigenvalue weighted by molar-refractivity contribution is 5.83. The highest BCUT2D eigenvalue weighted by Crippen LogP contribution is 2.25. The lowest BCUT2D eigenvalue weighted by Gasteiger charge is -2.32. The molecule has 1 aromatic heterocycles. The van der Waals surface area contributed by atoms with E-state index in [1.54, 1.807) is 6.33 Å². The van der Waals surface area contributed by atoms with Crippen molar-refractivity contribution in [1.82, 2.24) is 20.6 Å². The van der Waals surface area contributed by atoms with Crippen molar-refractivity contribution in [3.05, 3.63) is 17.7 Å². The van der Waals surface area contributed by atoms with Gasteiger partial charge in [-0.25, -0.2) is 4.98 Å². The summed E-state index contributed by atoms with van der Waals surface area (Å²) in [5, 5.41) is 6.38. The van der Waals surface area contributed by atoms with E-state index in [2.05, 4.69) is 20.6 Å². The Morgan fingerprint density at radius 2 is 2.47 bits per heavy atom. The number of aromatic amines is 1. The first kappa shape index (κ1) is 12.6. The molecule has 3 unspecified atom stereocenters. The second kappa shape index (κ2) is 4.61. The lowest BCUT2D eigenvalue weighted by atomic mass is 9.93. The topological polar surface area (TPSA) is 79.0 Å². The van der Waals surface area contributed by atoms with Crippen LogP contribution in [0.3, 0.4) is 0 Å². The van der Waals surface area contributed by atoms with Crippen LogP contribution in [0.2, 0.25) is 0 Å². The Bertz CT molecular complexity index is 487. The molecular weight excluding hydrogens is 244 g/mol. The van der Waals surface area contributed by atoms with Crippen LogP contribution in [-0.4, -0.2) is 40.2 Å². The molecule has 0 aromatic carbocycles. The zero-order chi connectivity index (χ0) is 13.5. The molecule has 0 radical (unpaired) electrons. The van der Waals surface area contributed by atoms with Gasteiger partial charge in [0.2, 0.25) is 5.91 Å². The van der Waals surface area contributed by atoms with Crippen molar-refractivity contribution in [2.45, 2.75) is 50.9 Å². The summed E-state index contributed by atoms with van der Waals surface area (Å²) in [5.41, 5.74) is 1.80. The molecule has 3 N–H and O–H groups in total. The van der Waals surface area contributed by atoms with Gasteiger partial charge in [-0.1, -0.05) is 0 Å². The second-order valence-electron chi connectivity index (χ2n) is 5.64. The van der Waals surface area contributed by atoms with Gasteiger partial charge in [0.05, 0.1) is 35.4 Å². The number of fused-ring (bicyclic) bond motifs is 1. The van der Waals surface area contributed by atoms with Crippen molar-refractivity contribution in [2.75, 3.05) is 6.61 Å². The molecule has 2 aliphatic heterocycles. The molecule has 6 nitrogen and oxygen atoms in total. The number of hydrogen-bond donors (Lipinski definition) is 3. The molecule has 19 heavy (non-hydrogen) atoms. The second-order valence-corrected chi connectivity index (χ2v) is 5.64. The van der Waals surface area contributed by atoms with E-state index in [9.17, 15) is 4.79 Å². The molecule has 3 rings (SSSR count). The number of rotatable bonds is 2. The molecule has 1 saturated heterocycles. The summed E-state index contributed by atoms with van der Waals surface area (Å²) < 4.78 is 5.55. The number of imidazole rings is 1. The minimum atomic E-state index is -0.259. The fourth-order valence-corrected chi connectivity index (χ4v) is 2.72. The number of H-pyrrole nitrogens is 1. The molecule has 1 aromatic rings. The minimum Gasteiger partial charge on any atom is -0.376 e. The predicted octanol–water partition coefficient (Wildman–Crippen LogP) is 0.108. The maximum Gasteiger partial charge on any atom is 0.238 e. The summed E-state index contributed by atoms with van der Waals surface area (Å²) in [6.07, 6.45) is 3.23. The van der Waals surface area contributed by atoms with Crippen LogP contribution in [0.1, 0.15) is 31.7 Å². The summed E-state index contributed by atoms with van der Waals surface area (Å²) in [4.78, 5) is 19.7. The predicted molar refractivity (Wildman–Crippen MR) is 69.5 cm³/mol. The van der Waals surface area contributed by atoms with Crippen LogP contribution in [0.25, 0.3) is 0 Å². The fraction of sp³-hybridized carbons (Fsp3) is 0.692. The van der Waals surface area contributed by atoms with Gasteiger partial charge >= 0.3 is 0 Å². The van der Waals surface area contributed by atoms with Gasteiger partial charge in [0.1, 0.15) is 0 Å². The third-order valence-corrected chi connectivity index (χ3v) is 4.34. The number of hydrogen-bond acceptors (Lipinski definition) is 4. The molecular formula is C13H20N4O2. The third-order valence-electron chi connectivity index (χ3n) is 4.34. The fourth-order valence-electron chi connectivity index (χ4n) is 2.72. The van der Waals surface area contributed by atoms with E-state index < -0.39 is 0 Å². The lowest BCUT2D eigenvalue weighted by Crippen LogP contribution is -2.57. The molecule has 2 aliphatic rings. The van der Waals surface area contributed by atoms with Crippen LogP contribution < -0.4 is 10.6 Å². The first-order valence-corrected chi connectivity index (χ1v) is 6.76. The molecule has 104 valence electrons. The highest BCUT2D eigenvalue weighted by atomic mass is 16.5. The zero-order valence-corrected chi connectivity index (χ0v) is 11.3. The van der Waals surface area contributed by atoms with Crippen molar-refractivity contribution in [2.24, 2.45) is 0 Å². The number of nitrogens with one attached hydrogen (secondary N) is 3. The Morgan fingerprint density at radius 3 is 3.21 bits per heavy atom. The first-order chi connectivity index (χ1) is 9.08. The van der Waals surface area contributed by atoms with Crippen molar-refractivity contribution in [3.8, 4) is 0 Å². The SMILES string of the molecule is CC1OCCC1(C)NC(=O)C1Cc2nc[nH]c2CN1. The smallest absolute Gasteiger partial charge is 0.238 e. The number of carbonyl (C=O) groups is 1. The summed E-state index contributed by atoms with van der Waals surface area (Å²) in [6, 6.07) is -0.208. The van der Waals surface area contributed by atoms with Crippen LogP contribution in [0, 0.1) is 0 Å². The normalized spacial score (nSPS) is 34.0. The van der Waals surface area contributed by atoms with E-state index in [-0.39, 0.29) is 23.6 Å². The zero-order valence-electron chi connectivity index (χ0n) is 11.3. The molecule has 0 saturated carbocycles. The molecule has 0 aliphatic carbocycles. The molecule has 3 heterocycles. The standard InChI is InChI=1S/C13H20N4O2/c1-8-13(2,3-4-19-8)17-12(18)10-5-9-11(6-14-10)16-7-15-9/h7-8,10,14H,3-6H2,1-2H3,(H,15,16)(H,17,18). The quantitative estimate of drug-likeness (QED) is 0.708. The van der Waals surface area contributed by atoms with Gasteiger partial charge in [0.25, 0.3) is 0 Å². The van der Waals surface area contributed by atoms with Gasteiger partial charge in [-0.15, -0.1) is 0 Å². The van der Waals surface area contributed by atoms with E-state index in [1.165, 1.54) is 0 Å². The molecule has 6 heteroatoms. The summed E-state index contributed by atoms with van der Waals surface area (Å²) in [5.74, 6) is 0.0356. The minimum absolute atomic E-state index is 0.0356. The molecule has 1 fully saturated rings. The highest BCUT2D eigenvalue weighted by Gasteiger charge is 2.40. The van der Waals surface area contributed by atoms with Crippen molar-refractivity contribution in [1.29, 1.82) is 0 Å². The van der Waals surface area contributed by atoms with Gasteiger partial charge in [0, 0.05) is 19.6 Å². The first-order valence-electron chi connectivity index (χ1n) is 6.76. The van der Waals surface area contributed by atoms with Gasteiger partial charge in [-0.3, -0.25) is 10.1 Å².